The minimum absolute atomic E-state index is 0.201. The van der Waals surface area contributed by atoms with Gasteiger partial charge in [-0.2, -0.15) is 0 Å². The maximum Gasteiger partial charge on any atom is 0.0439 e. The van der Waals surface area contributed by atoms with E-state index < -0.39 is 0 Å². The van der Waals surface area contributed by atoms with Crippen LogP contribution in [0.3, 0.4) is 0 Å². The van der Waals surface area contributed by atoms with Crippen molar-refractivity contribution in [1.82, 2.24) is 5.32 Å². The van der Waals surface area contributed by atoms with E-state index in [4.69, 9.17) is 23.2 Å². The maximum atomic E-state index is 6.27. The summed E-state index contributed by atoms with van der Waals surface area (Å²) in [6, 6.07) is 14.0. The number of hydrogen-bond donors (Lipinski definition) is 1. The predicted octanol–water partition coefficient (Wildman–Crippen LogP) is 5.65. The first-order chi connectivity index (χ1) is 9.61. The third kappa shape index (κ3) is 3.98. The van der Waals surface area contributed by atoms with Crippen molar-refractivity contribution in [1.29, 1.82) is 0 Å². The van der Waals surface area contributed by atoms with Crippen LogP contribution in [0.4, 0.5) is 0 Å². The first-order valence-corrected chi connectivity index (χ1v) is 8.08. The van der Waals surface area contributed by atoms with Crippen LogP contribution >= 0.6 is 39.1 Å². The van der Waals surface area contributed by atoms with E-state index in [0.717, 1.165) is 28.0 Å². The Balaban J connectivity index is 2.30. The van der Waals surface area contributed by atoms with Crippen molar-refractivity contribution in [3.05, 3.63) is 68.1 Å². The van der Waals surface area contributed by atoms with E-state index >= 15 is 0 Å². The van der Waals surface area contributed by atoms with Gasteiger partial charge in [0, 0.05) is 20.6 Å². The molecule has 2 aromatic carbocycles. The van der Waals surface area contributed by atoms with Crippen LogP contribution in [-0.4, -0.2) is 6.54 Å². The lowest BCUT2D eigenvalue weighted by Gasteiger charge is -2.20. The summed E-state index contributed by atoms with van der Waals surface area (Å²) < 4.78 is 1.10. The average molecular weight is 373 g/mol. The Hall–Kier alpha value is -0.540. The molecule has 1 unspecified atom stereocenters. The van der Waals surface area contributed by atoms with Gasteiger partial charge in [-0.3, -0.25) is 0 Å². The molecule has 20 heavy (non-hydrogen) atoms. The molecule has 4 heteroatoms. The average Bonchev–Trinajstić information content (AvgIpc) is 2.43. The third-order valence-electron chi connectivity index (χ3n) is 3.16. The van der Waals surface area contributed by atoms with E-state index in [-0.39, 0.29) is 6.04 Å². The van der Waals surface area contributed by atoms with Gasteiger partial charge in [0.15, 0.2) is 0 Å². The molecule has 0 amide bonds. The van der Waals surface area contributed by atoms with Crippen LogP contribution in [0.1, 0.15) is 24.1 Å². The van der Waals surface area contributed by atoms with E-state index in [1.165, 1.54) is 5.56 Å². The number of likely N-dealkylation sites (N-methyl/N-ethyl adjacent to an activating group) is 1. The number of rotatable bonds is 5. The quantitative estimate of drug-likeness (QED) is 0.714. The van der Waals surface area contributed by atoms with Crippen LogP contribution in [0.5, 0.6) is 0 Å². The van der Waals surface area contributed by atoms with Crippen molar-refractivity contribution in [3.63, 3.8) is 0 Å². The van der Waals surface area contributed by atoms with Gasteiger partial charge in [-0.1, -0.05) is 64.3 Å². The van der Waals surface area contributed by atoms with Gasteiger partial charge in [0.05, 0.1) is 0 Å². The van der Waals surface area contributed by atoms with Crippen LogP contribution in [0.2, 0.25) is 10.0 Å². The summed E-state index contributed by atoms with van der Waals surface area (Å²) >= 11 is 16.0. The summed E-state index contributed by atoms with van der Waals surface area (Å²) in [6.45, 7) is 2.99. The second-order valence-electron chi connectivity index (χ2n) is 4.57. The summed E-state index contributed by atoms with van der Waals surface area (Å²) in [6.07, 6.45) is 0.801. The normalized spacial score (nSPS) is 12.4. The zero-order valence-corrected chi connectivity index (χ0v) is 14.3. The molecule has 2 aromatic rings. The van der Waals surface area contributed by atoms with Gasteiger partial charge in [-0.15, -0.1) is 0 Å². The van der Waals surface area contributed by atoms with Crippen LogP contribution in [0.15, 0.2) is 46.9 Å². The highest BCUT2D eigenvalue weighted by Crippen LogP contribution is 2.29. The lowest BCUT2D eigenvalue weighted by atomic mass is 9.99. The summed E-state index contributed by atoms with van der Waals surface area (Å²) in [5.41, 5.74) is 2.28. The van der Waals surface area contributed by atoms with Gasteiger partial charge < -0.3 is 5.32 Å². The van der Waals surface area contributed by atoms with E-state index in [2.05, 4.69) is 40.3 Å². The monoisotopic (exact) mass is 371 g/mol. The summed E-state index contributed by atoms with van der Waals surface area (Å²) in [7, 11) is 0. The third-order valence-corrected chi connectivity index (χ3v) is 4.49. The summed E-state index contributed by atoms with van der Waals surface area (Å²) in [5.74, 6) is 0. The molecule has 1 N–H and O–H groups in total. The molecule has 0 aliphatic heterocycles. The van der Waals surface area contributed by atoms with Gasteiger partial charge in [-0.05, 0) is 48.4 Å². The number of nitrogens with one attached hydrogen (secondary N) is 1. The first kappa shape index (κ1) is 15.8. The van der Waals surface area contributed by atoms with E-state index in [1.54, 1.807) is 0 Å². The molecule has 0 heterocycles. The number of benzene rings is 2. The van der Waals surface area contributed by atoms with Crippen LogP contribution in [0.25, 0.3) is 0 Å². The molecule has 0 aliphatic rings. The molecule has 0 aliphatic carbocycles. The van der Waals surface area contributed by atoms with Crippen molar-refractivity contribution in [3.8, 4) is 0 Å². The molecule has 1 atom stereocenters. The molecule has 0 saturated carbocycles. The topological polar surface area (TPSA) is 12.0 Å². The van der Waals surface area contributed by atoms with E-state index in [9.17, 15) is 0 Å². The van der Waals surface area contributed by atoms with Gasteiger partial charge in [-0.25, -0.2) is 0 Å². The van der Waals surface area contributed by atoms with Gasteiger partial charge >= 0.3 is 0 Å². The zero-order valence-electron chi connectivity index (χ0n) is 11.2. The Morgan fingerprint density at radius 3 is 2.60 bits per heavy atom. The largest absolute Gasteiger partial charge is 0.310 e. The van der Waals surface area contributed by atoms with Crippen molar-refractivity contribution in [2.75, 3.05) is 6.54 Å². The molecule has 0 aromatic heterocycles. The standard InChI is InChI=1S/C16H16BrCl2N/c1-2-20-16(13-5-3-4-6-14(13)17)10-11-9-12(18)7-8-15(11)19/h3-9,16,20H,2,10H2,1H3. The molecular formula is C16H16BrCl2N. The minimum atomic E-state index is 0.201. The molecule has 0 fully saturated rings. The second kappa shape index (κ2) is 7.46. The van der Waals surface area contributed by atoms with Gasteiger partial charge in [0.25, 0.3) is 0 Å². The minimum Gasteiger partial charge on any atom is -0.310 e. The van der Waals surface area contributed by atoms with Crippen LogP contribution < -0.4 is 5.32 Å². The Labute approximate surface area is 138 Å². The van der Waals surface area contributed by atoms with Gasteiger partial charge in [0.2, 0.25) is 0 Å². The van der Waals surface area contributed by atoms with Crippen molar-refractivity contribution >= 4 is 39.1 Å². The Morgan fingerprint density at radius 1 is 1.15 bits per heavy atom. The summed E-state index contributed by atoms with van der Waals surface area (Å²) in [4.78, 5) is 0. The molecule has 1 nitrogen and oxygen atoms in total. The molecule has 0 spiro atoms. The Bertz CT molecular complexity index is 586. The molecule has 2 rings (SSSR count). The first-order valence-electron chi connectivity index (χ1n) is 6.53. The fraction of sp³-hybridized carbons (Fsp3) is 0.250. The van der Waals surface area contributed by atoms with E-state index in [1.807, 2.05) is 30.3 Å². The smallest absolute Gasteiger partial charge is 0.0439 e. The van der Waals surface area contributed by atoms with Gasteiger partial charge in [0.1, 0.15) is 0 Å². The molecular weight excluding hydrogens is 357 g/mol. The molecule has 0 radical (unpaired) electrons. The molecule has 0 saturated heterocycles. The molecule has 106 valence electrons. The number of hydrogen-bond acceptors (Lipinski definition) is 1. The number of halogens is 3. The predicted molar refractivity (Wildman–Crippen MR) is 90.7 cm³/mol. The molecule has 0 bridgehead atoms. The second-order valence-corrected chi connectivity index (χ2v) is 6.27. The van der Waals surface area contributed by atoms with Crippen molar-refractivity contribution < 1.29 is 0 Å². The fourth-order valence-corrected chi connectivity index (χ4v) is 3.17. The summed E-state index contributed by atoms with van der Waals surface area (Å²) in [5, 5.41) is 4.97. The van der Waals surface area contributed by atoms with Crippen LogP contribution in [-0.2, 0) is 6.42 Å². The van der Waals surface area contributed by atoms with Crippen LogP contribution in [0, 0.1) is 0 Å². The highest BCUT2D eigenvalue weighted by molar-refractivity contribution is 9.10. The zero-order chi connectivity index (χ0) is 14.5. The van der Waals surface area contributed by atoms with Crippen molar-refractivity contribution in [2.24, 2.45) is 0 Å². The van der Waals surface area contributed by atoms with Crippen molar-refractivity contribution in [2.45, 2.75) is 19.4 Å². The highest BCUT2D eigenvalue weighted by atomic mass is 79.9. The maximum absolute atomic E-state index is 6.27. The Kier molecular flexibility index (Phi) is 5.91. The lowest BCUT2D eigenvalue weighted by Crippen LogP contribution is -2.23. The van der Waals surface area contributed by atoms with E-state index in [0.29, 0.717) is 5.02 Å². The fourth-order valence-electron chi connectivity index (χ4n) is 2.22. The highest BCUT2D eigenvalue weighted by Gasteiger charge is 2.15. The lowest BCUT2D eigenvalue weighted by molar-refractivity contribution is 0.548. The Morgan fingerprint density at radius 2 is 1.90 bits per heavy atom. The SMILES string of the molecule is CCNC(Cc1cc(Cl)ccc1Cl)c1ccccc1Br.